The van der Waals surface area contributed by atoms with E-state index in [-0.39, 0.29) is 11.8 Å². The summed E-state index contributed by atoms with van der Waals surface area (Å²) < 4.78 is 1.51. The third kappa shape index (κ3) is 3.07. The van der Waals surface area contributed by atoms with Crippen molar-refractivity contribution in [2.24, 2.45) is 0 Å². The van der Waals surface area contributed by atoms with Crippen LogP contribution in [0.3, 0.4) is 0 Å². The van der Waals surface area contributed by atoms with Crippen LogP contribution in [-0.4, -0.2) is 15.7 Å². The summed E-state index contributed by atoms with van der Waals surface area (Å²) in [7, 11) is 0. The number of rotatable bonds is 4. The summed E-state index contributed by atoms with van der Waals surface area (Å²) in [4.78, 5) is 13.0. The number of nitrogens with zero attached hydrogens (tertiary/aromatic N) is 2. The molecule has 4 rings (SSSR count). The molecular formula is C23H18N2O. The fourth-order valence-electron chi connectivity index (χ4n) is 3.23. The zero-order chi connectivity index (χ0) is 17.8. The van der Waals surface area contributed by atoms with Crippen LogP contribution in [0, 0.1) is 0 Å². The van der Waals surface area contributed by atoms with Gasteiger partial charge in [-0.05, 0) is 29.3 Å². The summed E-state index contributed by atoms with van der Waals surface area (Å²) in [6, 6.07) is 31.6. The Hall–Kier alpha value is -3.46. The summed E-state index contributed by atoms with van der Waals surface area (Å²) in [5, 5.41) is 4.33. The molecule has 0 saturated heterocycles. The van der Waals surface area contributed by atoms with Crippen LogP contribution in [0.4, 0.5) is 0 Å². The molecule has 0 unspecified atom stereocenters. The zero-order valence-corrected chi connectivity index (χ0v) is 14.2. The molecule has 0 saturated carbocycles. The molecular weight excluding hydrogens is 320 g/mol. The molecule has 4 aromatic rings. The predicted octanol–water partition coefficient (Wildman–Crippen LogP) is 4.75. The molecule has 126 valence electrons. The summed E-state index contributed by atoms with van der Waals surface area (Å²) in [6.45, 7) is 0. The van der Waals surface area contributed by atoms with Gasteiger partial charge in [0, 0.05) is 11.8 Å². The molecule has 3 nitrogen and oxygen atoms in total. The number of hydrogen-bond donors (Lipinski definition) is 0. The first kappa shape index (κ1) is 16.0. The number of carbonyl (C=O) groups is 1. The Morgan fingerprint density at radius 3 is 1.73 bits per heavy atom. The monoisotopic (exact) mass is 338 g/mol. The maximum Gasteiger partial charge on any atom is 0.278 e. The molecule has 0 radical (unpaired) electrons. The Morgan fingerprint density at radius 2 is 1.19 bits per heavy atom. The fraction of sp³-hybridized carbons (Fsp3) is 0.0435. The highest BCUT2D eigenvalue weighted by atomic mass is 16.2. The molecule has 0 N–H and O–H groups in total. The van der Waals surface area contributed by atoms with Crippen LogP contribution in [0.2, 0.25) is 0 Å². The van der Waals surface area contributed by atoms with Crippen molar-refractivity contribution in [2.75, 3.05) is 0 Å². The predicted molar refractivity (Wildman–Crippen MR) is 102 cm³/mol. The summed E-state index contributed by atoms with van der Waals surface area (Å²) in [5.41, 5.74) is 3.73. The third-order valence-electron chi connectivity index (χ3n) is 4.45. The number of aromatic nitrogens is 2. The average Bonchev–Trinajstić information content (AvgIpc) is 3.19. The van der Waals surface area contributed by atoms with Crippen LogP contribution in [0.15, 0.2) is 103 Å². The Kier molecular flexibility index (Phi) is 4.44. The van der Waals surface area contributed by atoms with E-state index in [1.807, 2.05) is 72.8 Å². The highest BCUT2D eigenvalue weighted by Crippen LogP contribution is 2.31. The van der Waals surface area contributed by atoms with E-state index in [9.17, 15) is 4.79 Å². The van der Waals surface area contributed by atoms with Gasteiger partial charge >= 0.3 is 0 Å². The second kappa shape index (κ2) is 7.19. The molecule has 1 heterocycles. The van der Waals surface area contributed by atoms with Gasteiger partial charge in [-0.25, -0.2) is 0 Å². The third-order valence-corrected chi connectivity index (χ3v) is 4.45. The molecule has 0 bridgehead atoms. The lowest BCUT2D eigenvalue weighted by Crippen LogP contribution is -2.19. The highest BCUT2D eigenvalue weighted by molar-refractivity contribution is 5.95. The first-order valence-corrected chi connectivity index (χ1v) is 8.58. The Balaban J connectivity index is 1.84. The topological polar surface area (TPSA) is 34.9 Å². The molecule has 0 fully saturated rings. The van der Waals surface area contributed by atoms with Gasteiger partial charge in [0.2, 0.25) is 0 Å². The van der Waals surface area contributed by atoms with Gasteiger partial charge in [0.25, 0.3) is 5.91 Å². The van der Waals surface area contributed by atoms with Gasteiger partial charge in [0.05, 0.1) is 11.6 Å². The van der Waals surface area contributed by atoms with Crippen molar-refractivity contribution in [3.05, 3.63) is 126 Å². The van der Waals surface area contributed by atoms with Gasteiger partial charge in [-0.2, -0.15) is 9.78 Å². The van der Waals surface area contributed by atoms with Crippen LogP contribution >= 0.6 is 0 Å². The van der Waals surface area contributed by atoms with Crippen molar-refractivity contribution in [3.8, 4) is 0 Å². The van der Waals surface area contributed by atoms with E-state index in [2.05, 4.69) is 29.4 Å². The second-order valence-electron chi connectivity index (χ2n) is 6.09. The smallest absolute Gasteiger partial charge is 0.267 e. The van der Waals surface area contributed by atoms with Gasteiger partial charge in [-0.3, -0.25) is 4.79 Å². The van der Waals surface area contributed by atoms with Crippen LogP contribution < -0.4 is 0 Å². The first-order chi connectivity index (χ1) is 12.8. The normalized spacial score (nSPS) is 10.8. The largest absolute Gasteiger partial charge is 0.278 e. The standard InChI is InChI=1S/C23H18N2O/c26-23(20-14-8-3-9-15-20)25-21(16-17-24-25)22(18-10-4-1-5-11-18)19-12-6-2-7-13-19/h1-17,22H. The van der Waals surface area contributed by atoms with Crippen molar-refractivity contribution in [1.82, 2.24) is 9.78 Å². The summed E-state index contributed by atoms with van der Waals surface area (Å²) in [6.07, 6.45) is 1.69. The van der Waals surface area contributed by atoms with Gasteiger partial charge in [-0.1, -0.05) is 78.9 Å². The minimum Gasteiger partial charge on any atom is -0.267 e. The van der Waals surface area contributed by atoms with E-state index in [1.165, 1.54) is 4.68 Å². The Morgan fingerprint density at radius 1 is 0.692 bits per heavy atom. The van der Waals surface area contributed by atoms with Crippen LogP contribution in [0.1, 0.15) is 33.1 Å². The fourth-order valence-corrected chi connectivity index (χ4v) is 3.23. The van der Waals surface area contributed by atoms with Crippen LogP contribution in [-0.2, 0) is 0 Å². The minimum atomic E-state index is -0.123. The lowest BCUT2D eigenvalue weighted by Gasteiger charge is -2.19. The maximum atomic E-state index is 13.0. The van der Waals surface area contributed by atoms with E-state index in [0.717, 1.165) is 16.8 Å². The van der Waals surface area contributed by atoms with Crippen LogP contribution in [0.25, 0.3) is 0 Å². The van der Waals surface area contributed by atoms with E-state index < -0.39 is 0 Å². The van der Waals surface area contributed by atoms with Crippen molar-refractivity contribution >= 4 is 5.91 Å². The SMILES string of the molecule is O=C(c1ccccc1)n1nccc1C(c1ccccc1)c1ccccc1. The Bertz CT molecular complexity index is 953. The quantitative estimate of drug-likeness (QED) is 0.538. The molecule has 0 aliphatic heterocycles. The maximum absolute atomic E-state index is 13.0. The average molecular weight is 338 g/mol. The lowest BCUT2D eigenvalue weighted by molar-refractivity contribution is 0.0941. The first-order valence-electron chi connectivity index (χ1n) is 8.58. The summed E-state index contributed by atoms with van der Waals surface area (Å²) in [5.74, 6) is -0.185. The molecule has 26 heavy (non-hydrogen) atoms. The van der Waals surface area contributed by atoms with Crippen molar-refractivity contribution in [2.45, 2.75) is 5.92 Å². The molecule has 3 heteroatoms. The number of hydrogen-bond acceptors (Lipinski definition) is 2. The van der Waals surface area contributed by atoms with Crippen molar-refractivity contribution in [3.63, 3.8) is 0 Å². The lowest BCUT2D eigenvalue weighted by atomic mass is 9.88. The molecule has 0 aliphatic carbocycles. The van der Waals surface area contributed by atoms with Gasteiger partial charge < -0.3 is 0 Å². The van der Waals surface area contributed by atoms with E-state index >= 15 is 0 Å². The Labute approximate surface area is 152 Å². The second-order valence-corrected chi connectivity index (χ2v) is 6.09. The van der Waals surface area contributed by atoms with Crippen LogP contribution in [0.5, 0.6) is 0 Å². The van der Waals surface area contributed by atoms with E-state index in [0.29, 0.717) is 5.56 Å². The van der Waals surface area contributed by atoms with Crippen molar-refractivity contribution in [1.29, 1.82) is 0 Å². The van der Waals surface area contributed by atoms with E-state index in [1.54, 1.807) is 6.20 Å². The molecule has 0 amide bonds. The molecule has 3 aromatic carbocycles. The highest BCUT2D eigenvalue weighted by Gasteiger charge is 2.23. The zero-order valence-electron chi connectivity index (χ0n) is 14.2. The number of benzene rings is 3. The van der Waals surface area contributed by atoms with E-state index in [4.69, 9.17) is 0 Å². The van der Waals surface area contributed by atoms with Gasteiger partial charge in [-0.15, -0.1) is 0 Å². The minimum absolute atomic E-state index is 0.0624. The van der Waals surface area contributed by atoms with Crippen molar-refractivity contribution < 1.29 is 4.79 Å². The van der Waals surface area contributed by atoms with Gasteiger partial charge in [0.1, 0.15) is 0 Å². The molecule has 0 atom stereocenters. The summed E-state index contributed by atoms with van der Waals surface area (Å²) >= 11 is 0. The molecule has 1 aromatic heterocycles. The molecule has 0 spiro atoms. The van der Waals surface area contributed by atoms with Gasteiger partial charge in [0.15, 0.2) is 0 Å². The number of carbonyl (C=O) groups excluding carboxylic acids is 1. The molecule has 0 aliphatic rings.